The monoisotopic (exact) mass is 306 g/mol. The van der Waals surface area contributed by atoms with Gasteiger partial charge in [0.1, 0.15) is 11.5 Å². The zero-order chi connectivity index (χ0) is 15.1. The summed E-state index contributed by atoms with van der Waals surface area (Å²) in [5, 5.41) is 6.38. The molecule has 1 N–H and O–H groups in total. The van der Waals surface area contributed by atoms with Gasteiger partial charge in [0.2, 0.25) is 5.91 Å². The Morgan fingerprint density at radius 2 is 2.10 bits per heavy atom. The highest BCUT2D eigenvalue weighted by atomic mass is 32.2. The molecule has 21 heavy (non-hydrogen) atoms. The lowest BCUT2D eigenvalue weighted by Gasteiger charge is -2.06. The maximum atomic E-state index is 11.6. The Labute approximate surface area is 128 Å². The number of aromatic nitrogens is 1. The number of ether oxygens (including phenoxy) is 1. The van der Waals surface area contributed by atoms with Crippen molar-refractivity contribution in [3.63, 3.8) is 0 Å². The second kappa shape index (κ2) is 7.73. The number of hydrogen-bond donors (Lipinski definition) is 1. The van der Waals surface area contributed by atoms with Crippen LogP contribution < -0.4 is 10.1 Å². The van der Waals surface area contributed by atoms with Gasteiger partial charge in [0.05, 0.1) is 12.4 Å². The number of carbonyl (C=O) groups excluding carboxylic acids is 1. The van der Waals surface area contributed by atoms with Gasteiger partial charge in [0.15, 0.2) is 5.82 Å². The summed E-state index contributed by atoms with van der Waals surface area (Å²) in [6, 6.07) is 9.59. The van der Waals surface area contributed by atoms with Crippen molar-refractivity contribution in [1.29, 1.82) is 0 Å². The first-order valence-electron chi connectivity index (χ1n) is 6.64. The summed E-state index contributed by atoms with van der Waals surface area (Å²) in [4.78, 5) is 11.6. The summed E-state index contributed by atoms with van der Waals surface area (Å²) in [5.74, 6) is 2.99. The highest BCUT2D eigenvalue weighted by molar-refractivity contribution is 7.99. The van der Waals surface area contributed by atoms with Gasteiger partial charge in [-0.05, 0) is 26.0 Å². The summed E-state index contributed by atoms with van der Waals surface area (Å²) < 4.78 is 10.5. The second-order valence-corrected chi connectivity index (χ2v) is 5.69. The molecule has 1 heterocycles. The van der Waals surface area contributed by atoms with Crippen molar-refractivity contribution in [1.82, 2.24) is 5.16 Å². The number of carbonyl (C=O) groups is 1. The molecule has 2 aromatic rings. The highest BCUT2D eigenvalue weighted by Gasteiger charge is 2.06. The van der Waals surface area contributed by atoms with Crippen LogP contribution in [0.25, 0.3) is 0 Å². The first kappa shape index (κ1) is 15.4. The second-order valence-electron chi connectivity index (χ2n) is 4.59. The number of aryl methyl sites for hydroxylation is 2. The number of nitrogens with one attached hydrogen (secondary N) is 1. The van der Waals surface area contributed by atoms with Crippen LogP contribution >= 0.6 is 11.8 Å². The minimum absolute atomic E-state index is 0.0939. The molecule has 0 spiro atoms. The summed E-state index contributed by atoms with van der Waals surface area (Å²) in [7, 11) is 0. The lowest BCUT2D eigenvalue weighted by molar-refractivity contribution is -0.113. The third kappa shape index (κ3) is 5.51. The third-order valence-electron chi connectivity index (χ3n) is 2.65. The van der Waals surface area contributed by atoms with Gasteiger partial charge < -0.3 is 14.6 Å². The van der Waals surface area contributed by atoms with Crippen LogP contribution in [-0.4, -0.2) is 29.2 Å². The summed E-state index contributed by atoms with van der Waals surface area (Å²) in [6.07, 6.45) is 0. The lowest BCUT2D eigenvalue weighted by atomic mass is 10.2. The Kier molecular flexibility index (Phi) is 5.68. The predicted molar refractivity (Wildman–Crippen MR) is 83.9 cm³/mol. The van der Waals surface area contributed by atoms with E-state index in [2.05, 4.69) is 10.5 Å². The van der Waals surface area contributed by atoms with Crippen LogP contribution in [0.3, 0.4) is 0 Å². The van der Waals surface area contributed by atoms with E-state index in [9.17, 15) is 4.79 Å². The van der Waals surface area contributed by atoms with E-state index in [1.807, 2.05) is 31.2 Å². The number of benzene rings is 1. The molecule has 1 aromatic carbocycles. The number of thioether (sulfide) groups is 1. The van der Waals surface area contributed by atoms with Gasteiger partial charge in [-0.2, -0.15) is 0 Å². The first-order valence-corrected chi connectivity index (χ1v) is 7.79. The molecule has 0 saturated carbocycles. The lowest BCUT2D eigenvalue weighted by Crippen LogP contribution is -2.15. The first-order chi connectivity index (χ1) is 10.1. The Balaban J connectivity index is 1.59. The fourth-order valence-corrected chi connectivity index (χ4v) is 2.23. The van der Waals surface area contributed by atoms with Crippen LogP contribution in [0.15, 0.2) is 34.9 Å². The van der Waals surface area contributed by atoms with Crippen molar-refractivity contribution < 1.29 is 14.1 Å². The van der Waals surface area contributed by atoms with E-state index >= 15 is 0 Å². The molecular weight excluding hydrogens is 288 g/mol. The van der Waals surface area contributed by atoms with Crippen molar-refractivity contribution >= 4 is 23.5 Å². The summed E-state index contributed by atoms with van der Waals surface area (Å²) in [6.45, 7) is 4.39. The Hall–Kier alpha value is -1.95. The van der Waals surface area contributed by atoms with Crippen LogP contribution in [-0.2, 0) is 4.79 Å². The molecule has 0 fully saturated rings. The van der Waals surface area contributed by atoms with Gasteiger partial charge in [0, 0.05) is 11.8 Å². The minimum atomic E-state index is -0.0939. The smallest absolute Gasteiger partial charge is 0.235 e. The van der Waals surface area contributed by atoms with Gasteiger partial charge >= 0.3 is 0 Å². The highest BCUT2D eigenvalue weighted by Crippen LogP contribution is 2.12. The quantitative estimate of drug-likeness (QED) is 0.797. The van der Waals surface area contributed by atoms with E-state index < -0.39 is 0 Å². The molecule has 112 valence electrons. The fourth-order valence-electron chi connectivity index (χ4n) is 1.62. The zero-order valence-electron chi connectivity index (χ0n) is 12.1. The van der Waals surface area contributed by atoms with Crippen LogP contribution in [0.4, 0.5) is 5.82 Å². The van der Waals surface area contributed by atoms with Crippen LogP contribution in [0, 0.1) is 13.8 Å². The molecule has 0 bridgehead atoms. The van der Waals surface area contributed by atoms with Crippen molar-refractivity contribution in [2.24, 2.45) is 0 Å². The van der Waals surface area contributed by atoms with E-state index in [1.54, 1.807) is 13.0 Å². The predicted octanol–water partition coefficient (Wildman–Crippen LogP) is 3.04. The Bertz CT molecular complexity index is 581. The van der Waals surface area contributed by atoms with E-state index in [0.29, 0.717) is 23.9 Å². The molecule has 0 aliphatic heterocycles. The molecule has 0 aliphatic carbocycles. The number of anilines is 1. The average molecular weight is 306 g/mol. The third-order valence-corrected chi connectivity index (χ3v) is 3.57. The van der Waals surface area contributed by atoms with E-state index in [4.69, 9.17) is 9.26 Å². The molecule has 0 radical (unpaired) electrons. The maximum absolute atomic E-state index is 11.6. The molecule has 0 atom stereocenters. The number of amides is 1. The molecule has 1 aromatic heterocycles. The van der Waals surface area contributed by atoms with Crippen molar-refractivity contribution in [3.05, 3.63) is 41.7 Å². The van der Waals surface area contributed by atoms with Gasteiger partial charge in [0.25, 0.3) is 0 Å². The van der Waals surface area contributed by atoms with Crippen molar-refractivity contribution in [2.45, 2.75) is 13.8 Å². The van der Waals surface area contributed by atoms with Gasteiger partial charge in [-0.25, -0.2) is 0 Å². The molecule has 1 amide bonds. The van der Waals surface area contributed by atoms with E-state index in [1.165, 1.54) is 17.3 Å². The topological polar surface area (TPSA) is 64.4 Å². The molecule has 6 heteroatoms. The molecule has 5 nitrogen and oxygen atoms in total. The molecule has 2 rings (SSSR count). The summed E-state index contributed by atoms with van der Waals surface area (Å²) >= 11 is 1.51. The van der Waals surface area contributed by atoms with Crippen molar-refractivity contribution in [2.75, 3.05) is 23.4 Å². The Morgan fingerprint density at radius 1 is 1.33 bits per heavy atom. The SMILES string of the molecule is Cc1ccc(OCCSCC(=O)Nc2cc(C)on2)cc1. The normalized spacial score (nSPS) is 10.4. The van der Waals surface area contributed by atoms with E-state index in [0.717, 1.165) is 11.5 Å². The minimum Gasteiger partial charge on any atom is -0.493 e. The zero-order valence-corrected chi connectivity index (χ0v) is 12.9. The summed E-state index contributed by atoms with van der Waals surface area (Å²) in [5.41, 5.74) is 1.21. The molecule has 0 aliphatic rings. The Morgan fingerprint density at radius 3 is 2.76 bits per heavy atom. The fraction of sp³-hybridized carbons (Fsp3) is 0.333. The molecule has 0 unspecified atom stereocenters. The maximum Gasteiger partial charge on any atom is 0.235 e. The molecule has 0 saturated heterocycles. The van der Waals surface area contributed by atoms with E-state index in [-0.39, 0.29) is 5.91 Å². The number of nitrogens with zero attached hydrogens (tertiary/aromatic N) is 1. The number of hydrogen-bond acceptors (Lipinski definition) is 5. The average Bonchev–Trinajstić information content (AvgIpc) is 2.86. The van der Waals surface area contributed by atoms with Crippen LogP contribution in [0.5, 0.6) is 5.75 Å². The standard InChI is InChI=1S/C15H18N2O3S/c1-11-3-5-13(6-4-11)19-7-8-21-10-15(18)16-14-9-12(2)20-17-14/h3-6,9H,7-8,10H2,1-2H3,(H,16,17,18). The van der Waals surface area contributed by atoms with Crippen molar-refractivity contribution in [3.8, 4) is 5.75 Å². The van der Waals surface area contributed by atoms with Crippen LogP contribution in [0.1, 0.15) is 11.3 Å². The molecular formula is C15H18N2O3S. The van der Waals surface area contributed by atoms with Crippen LogP contribution in [0.2, 0.25) is 0 Å². The van der Waals surface area contributed by atoms with Gasteiger partial charge in [-0.3, -0.25) is 4.79 Å². The largest absolute Gasteiger partial charge is 0.493 e. The number of rotatable bonds is 7. The van der Waals surface area contributed by atoms with Gasteiger partial charge in [-0.15, -0.1) is 11.8 Å². The van der Waals surface area contributed by atoms with Gasteiger partial charge in [-0.1, -0.05) is 22.9 Å².